The van der Waals surface area contributed by atoms with Crippen LogP contribution in [-0.2, 0) is 14.3 Å². The third-order valence-electron chi connectivity index (χ3n) is 4.69. The molecule has 0 aliphatic carbocycles. The van der Waals surface area contributed by atoms with Gasteiger partial charge in [-0.05, 0) is 44.4 Å². The molecule has 1 amide bonds. The van der Waals surface area contributed by atoms with E-state index in [1.165, 1.54) is 30.4 Å². The van der Waals surface area contributed by atoms with Crippen LogP contribution in [0.1, 0.15) is 46.0 Å². The number of methoxy groups -OCH3 is 1. The van der Waals surface area contributed by atoms with E-state index < -0.39 is 12.4 Å². The van der Waals surface area contributed by atoms with Crippen LogP contribution >= 0.6 is 32.9 Å². The number of benzene rings is 1. The van der Waals surface area contributed by atoms with Crippen molar-refractivity contribution in [1.82, 2.24) is 4.98 Å². The van der Waals surface area contributed by atoms with E-state index >= 15 is 0 Å². The minimum absolute atomic E-state index is 0.322. The van der Waals surface area contributed by atoms with E-state index in [1.54, 1.807) is 13.2 Å². The molecule has 1 N–H and O–H groups in total. The molecule has 1 aromatic heterocycles. The van der Waals surface area contributed by atoms with Gasteiger partial charge in [0.1, 0.15) is 5.75 Å². The summed E-state index contributed by atoms with van der Waals surface area (Å²) < 4.78 is 16.7. The minimum Gasteiger partial charge on any atom is -0.497 e. The average molecular weight is 471 g/mol. The number of aromatic nitrogens is 1. The van der Waals surface area contributed by atoms with Crippen LogP contribution in [0.4, 0.5) is 9.93 Å². The minimum atomic E-state index is -0.966. The molecule has 1 aliphatic rings. The molecule has 0 radical (unpaired) electrons. The lowest BCUT2D eigenvalue weighted by atomic mass is 9.99. The van der Waals surface area contributed by atoms with E-state index in [-0.39, 0.29) is 5.97 Å². The van der Waals surface area contributed by atoms with Gasteiger partial charge in [0.25, 0.3) is 0 Å². The normalized spacial score (nSPS) is 19.4. The monoisotopic (exact) mass is 470 g/mol. The van der Waals surface area contributed by atoms with Gasteiger partial charge in [0.15, 0.2) is 5.13 Å². The summed E-state index contributed by atoms with van der Waals surface area (Å²) in [5.74, 6) is 1.56. The molecule has 164 valence electrons. The molecular formula is C20H26N2O5S3. The molecule has 1 unspecified atom stereocenters. The Hall–Kier alpha value is -1.65. The van der Waals surface area contributed by atoms with Crippen LogP contribution in [0.3, 0.4) is 0 Å². The number of nitrogens with one attached hydrogen (secondary N) is 1. The van der Waals surface area contributed by atoms with E-state index in [0.717, 1.165) is 35.2 Å². The molecule has 3 rings (SSSR count). The molecule has 1 aromatic carbocycles. The topological polar surface area (TPSA) is 86.8 Å². The van der Waals surface area contributed by atoms with Crippen molar-refractivity contribution in [3.63, 3.8) is 0 Å². The van der Waals surface area contributed by atoms with Gasteiger partial charge in [-0.2, -0.15) is 0 Å². The molecule has 0 bridgehead atoms. The Bertz CT molecular complexity index is 882. The third kappa shape index (κ3) is 6.68. The van der Waals surface area contributed by atoms with Crippen molar-refractivity contribution < 1.29 is 23.8 Å². The van der Waals surface area contributed by atoms with E-state index in [4.69, 9.17) is 14.2 Å². The van der Waals surface area contributed by atoms with Crippen LogP contribution in [0.5, 0.6) is 5.75 Å². The number of hydrogen-bond acceptors (Lipinski definition) is 9. The van der Waals surface area contributed by atoms with Crippen molar-refractivity contribution in [3.05, 3.63) is 18.2 Å². The molecule has 2 aromatic rings. The van der Waals surface area contributed by atoms with Crippen molar-refractivity contribution in [3.8, 4) is 5.75 Å². The van der Waals surface area contributed by atoms with Crippen molar-refractivity contribution in [2.75, 3.05) is 18.2 Å². The zero-order valence-electron chi connectivity index (χ0n) is 17.3. The molecule has 1 fully saturated rings. The smallest absolute Gasteiger partial charge is 0.416 e. The van der Waals surface area contributed by atoms with Gasteiger partial charge in [-0.1, -0.05) is 39.3 Å². The first-order valence-corrected chi connectivity index (χ1v) is 12.9. The van der Waals surface area contributed by atoms with E-state index in [1.807, 2.05) is 33.7 Å². The van der Waals surface area contributed by atoms with Crippen molar-refractivity contribution >= 4 is 60.3 Å². The van der Waals surface area contributed by atoms with Gasteiger partial charge in [0.05, 0.1) is 17.3 Å². The SMILES string of the molecule is COc1ccc2nc(NC(=O)OC(C)OC(=O)CCCC[C@]3(C)CCSS3)sc2c1. The number of amides is 1. The summed E-state index contributed by atoms with van der Waals surface area (Å²) in [6.07, 6.45) is 2.71. The number of carbonyl (C=O) groups is 2. The number of esters is 1. The highest BCUT2D eigenvalue weighted by Gasteiger charge is 2.29. The second-order valence-corrected chi connectivity index (χ2v) is 11.3. The van der Waals surface area contributed by atoms with Crippen molar-refractivity contribution in [1.29, 1.82) is 0 Å². The summed E-state index contributed by atoms with van der Waals surface area (Å²) in [5, 5.41) is 2.97. The predicted octanol–water partition coefficient (Wildman–Crippen LogP) is 5.85. The summed E-state index contributed by atoms with van der Waals surface area (Å²) in [5.41, 5.74) is 0.749. The fraction of sp³-hybridized carbons (Fsp3) is 0.550. The van der Waals surface area contributed by atoms with E-state index in [9.17, 15) is 9.59 Å². The quantitative estimate of drug-likeness (QED) is 0.211. The Balaban J connectivity index is 1.37. The van der Waals surface area contributed by atoms with E-state index in [0.29, 0.717) is 16.3 Å². The number of hydrogen-bond donors (Lipinski definition) is 1. The lowest BCUT2D eigenvalue weighted by Crippen LogP contribution is -2.24. The molecule has 7 nitrogen and oxygen atoms in total. The van der Waals surface area contributed by atoms with Gasteiger partial charge in [-0.25, -0.2) is 9.78 Å². The summed E-state index contributed by atoms with van der Waals surface area (Å²) in [4.78, 5) is 28.4. The number of ether oxygens (including phenoxy) is 3. The standard InChI is InChI=1S/C20H26N2O5S3/c1-13(26-17(23)6-4-5-9-20(2)10-11-28-30-20)27-19(24)22-18-21-15-8-7-14(25-3)12-16(15)29-18/h7-8,12-13H,4-6,9-11H2,1-3H3,(H,21,22,24)/t13?,20-/m1/s1. The molecule has 1 aliphatic heterocycles. The fourth-order valence-corrected chi connectivity index (χ4v) is 7.22. The van der Waals surface area contributed by atoms with Gasteiger partial charge >= 0.3 is 12.1 Å². The average Bonchev–Trinajstić information content (AvgIpc) is 3.30. The first kappa shape index (κ1) is 23.0. The van der Waals surface area contributed by atoms with Crippen molar-refractivity contribution in [2.24, 2.45) is 0 Å². The lowest BCUT2D eigenvalue weighted by Gasteiger charge is -2.20. The Morgan fingerprint density at radius 2 is 2.13 bits per heavy atom. The molecule has 0 saturated carbocycles. The number of carbonyl (C=O) groups excluding carboxylic acids is 2. The molecule has 0 spiro atoms. The molecule has 30 heavy (non-hydrogen) atoms. The Kier molecular flexibility index (Phi) is 8.13. The van der Waals surface area contributed by atoms with Gasteiger partial charge in [-0.3, -0.25) is 10.1 Å². The van der Waals surface area contributed by atoms with Gasteiger partial charge < -0.3 is 14.2 Å². The van der Waals surface area contributed by atoms with Crippen LogP contribution in [0.2, 0.25) is 0 Å². The van der Waals surface area contributed by atoms with Crippen LogP contribution < -0.4 is 10.1 Å². The zero-order valence-corrected chi connectivity index (χ0v) is 19.7. The Labute approximate surface area is 188 Å². The van der Waals surface area contributed by atoms with Crippen LogP contribution in [0.15, 0.2) is 18.2 Å². The zero-order chi connectivity index (χ0) is 21.6. The Morgan fingerprint density at radius 1 is 1.30 bits per heavy atom. The summed E-state index contributed by atoms with van der Waals surface area (Å²) in [6, 6.07) is 5.46. The number of unbranched alkanes of at least 4 members (excludes halogenated alkanes) is 1. The van der Waals surface area contributed by atoms with Crippen LogP contribution in [-0.4, -0.2) is 40.9 Å². The van der Waals surface area contributed by atoms with Gasteiger partial charge in [0.2, 0.25) is 6.29 Å². The maximum atomic E-state index is 12.1. The number of nitrogens with zero attached hydrogens (tertiary/aromatic N) is 1. The molecule has 2 heterocycles. The summed E-state index contributed by atoms with van der Waals surface area (Å²) in [7, 11) is 5.47. The second-order valence-electron chi connectivity index (χ2n) is 7.25. The predicted molar refractivity (Wildman–Crippen MR) is 123 cm³/mol. The first-order valence-electron chi connectivity index (χ1n) is 9.79. The van der Waals surface area contributed by atoms with E-state index in [2.05, 4.69) is 17.2 Å². The number of rotatable bonds is 9. The van der Waals surface area contributed by atoms with Gasteiger partial charge in [-0.15, -0.1) is 0 Å². The number of fused-ring (bicyclic) bond motifs is 1. The number of thiazole rings is 1. The maximum Gasteiger partial charge on any atom is 0.416 e. The Morgan fingerprint density at radius 3 is 2.87 bits per heavy atom. The summed E-state index contributed by atoms with van der Waals surface area (Å²) in [6.45, 7) is 3.81. The third-order valence-corrected chi connectivity index (χ3v) is 8.98. The molecule has 10 heteroatoms. The summed E-state index contributed by atoms with van der Waals surface area (Å²) >= 11 is 1.31. The maximum absolute atomic E-state index is 12.1. The lowest BCUT2D eigenvalue weighted by molar-refractivity contribution is -0.164. The molecular weight excluding hydrogens is 444 g/mol. The highest BCUT2D eigenvalue weighted by Crippen LogP contribution is 2.49. The highest BCUT2D eigenvalue weighted by atomic mass is 33.1. The van der Waals surface area contributed by atoms with Gasteiger partial charge in [0, 0.05) is 23.8 Å². The first-order chi connectivity index (χ1) is 14.4. The van der Waals surface area contributed by atoms with Crippen molar-refractivity contribution in [2.45, 2.75) is 57.0 Å². The van der Waals surface area contributed by atoms with Crippen LogP contribution in [0, 0.1) is 0 Å². The second kappa shape index (κ2) is 10.6. The molecule has 1 saturated heterocycles. The highest BCUT2D eigenvalue weighted by molar-refractivity contribution is 8.77. The fourth-order valence-electron chi connectivity index (χ4n) is 3.04. The number of anilines is 1. The molecule has 2 atom stereocenters. The van der Waals surface area contributed by atoms with Crippen LogP contribution in [0.25, 0.3) is 10.2 Å². The largest absolute Gasteiger partial charge is 0.497 e.